The molecule has 378 valence electrons. The molecule has 1 aliphatic carbocycles. The lowest BCUT2D eigenvalue weighted by Crippen LogP contribution is -2.48. The number of nitrogens with one attached hydrogen (secondary N) is 1. The van der Waals surface area contributed by atoms with E-state index in [1.54, 1.807) is 16.5 Å². The number of para-hydroxylation sites is 1. The minimum Gasteiger partial charge on any atom is -0.507 e. The van der Waals surface area contributed by atoms with E-state index in [4.69, 9.17) is 15.0 Å². The molecular weight excluding hydrogens is 911 g/mol. The molecular formula is C55H67N11O6. The molecule has 0 bridgehead atoms. The van der Waals surface area contributed by atoms with Crippen LogP contribution in [-0.2, 0) is 21.4 Å². The molecule has 17 nitrogen and oxygen atoms in total. The van der Waals surface area contributed by atoms with E-state index in [0.717, 1.165) is 99.5 Å². The average molecular weight is 978 g/mol. The maximum atomic E-state index is 14.4. The highest BCUT2D eigenvalue weighted by Gasteiger charge is 2.44. The number of phenols is 1. The Morgan fingerprint density at radius 2 is 1.71 bits per heavy atom. The van der Waals surface area contributed by atoms with Crippen LogP contribution in [-0.4, -0.2) is 125 Å². The Bertz CT molecular complexity index is 2930. The number of aliphatic hydroxyl groups excluding tert-OH is 1. The number of nitrogens with zero attached hydrogens (tertiary/aromatic N) is 9. The van der Waals surface area contributed by atoms with Crippen LogP contribution in [0.2, 0.25) is 0 Å². The molecule has 0 spiro atoms. The van der Waals surface area contributed by atoms with Crippen LogP contribution < -0.4 is 16.0 Å². The van der Waals surface area contributed by atoms with Crippen LogP contribution in [0.1, 0.15) is 100 Å². The highest BCUT2D eigenvalue weighted by Crippen LogP contribution is 2.36. The van der Waals surface area contributed by atoms with Crippen molar-refractivity contribution in [1.29, 1.82) is 0 Å². The number of aromatic nitrogens is 6. The van der Waals surface area contributed by atoms with E-state index in [1.807, 2.05) is 100 Å². The molecule has 17 heteroatoms. The molecule has 2 amide bonds. The number of nitrogen functional groups attached to an aromatic ring is 1. The lowest BCUT2D eigenvalue weighted by molar-refractivity contribution is -0.141. The number of phenolic OH excluding ortho intramolecular Hbond substituents is 1. The summed E-state index contributed by atoms with van der Waals surface area (Å²) in [4.78, 5) is 43.6. The molecule has 0 unspecified atom stereocenters. The van der Waals surface area contributed by atoms with E-state index in [1.165, 1.54) is 4.90 Å². The number of piperidine rings is 2. The molecule has 5 N–H and O–H groups in total. The number of likely N-dealkylation sites (tertiary alicyclic amines) is 2. The number of anilines is 2. The molecule has 0 radical (unpaired) electrons. The number of aryl methyl sites for hydroxylation is 2. The van der Waals surface area contributed by atoms with Gasteiger partial charge in [-0.05, 0) is 87.5 Å². The number of rotatable bonds is 13. The summed E-state index contributed by atoms with van der Waals surface area (Å²) >= 11 is 0. The fourth-order valence-electron chi connectivity index (χ4n) is 11.1. The van der Waals surface area contributed by atoms with Crippen molar-refractivity contribution in [2.45, 2.75) is 109 Å². The van der Waals surface area contributed by atoms with Gasteiger partial charge in [0.2, 0.25) is 17.6 Å². The fourth-order valence-corrected chi connectivity index (χ4v) is 11.1. The number of fused-ring (bicyclic) bond motifs is 1. The molecule has 4 aromatic heterocycles. The molecule has 72 heavy (non-hydrogen) atoms. The summed E-state index contributed by atoms with van der Waals surface area (Å²) in [6, 6.07) is 15.9. The smallest absolute Gasteiger partial charge is 0.243 e. The van der Waals surface area contributed by atoms with Crippen molar-refractivity contribution in [3.8, 4) is 40.1 Å². The van der Waals surface area contributed by atoms with Gasteiger partial charge in [0, 0.05) is 88.2 Å². The number of β-amino-alcohol motifs (C(OH)–C–C–N with tert-alkyl or cyclic N) is 1. The Labute approximate surface area is 420 Å². The molecule has 6 aromatic rings. The predicted molar refractivity (Wildman–Crippen MR) is 274 cm³/mol. The first-order valence-corrected chi connectivity index (χ1v) is 25.7. The van der Waals surface area contributed by atoms with Gasteiger partial charge in [-0.3, -0.25) is 18.7 Å². The third kappa shape index (κ3) is 10.4. The first kappa shape index (κ1) is 48.9. The minimum absolute atomic E-state index is 0.0807. The summed E-state index contributed by atoms with van der Waals surface area (Å²) in [5.41, 5.74) is 12.3. The summed E-state index contributed by atoms with van der Waals surface area (Å²) in [6.45, 7) is 12.8. The van der Waals surface area contributed by atoms with E-state index in [2.05, 4.69) is 47.2 Å². The SMILES string of the molecule is Cc1cnn(C)c1-c1ccc([C@H](C)NC(=O)[C@@H]2C[C@@H](O)CN2C(=O)[C@@H](c2cc(N3CCC(CN4CCC(O[C@H]5C[C@H](C#Cc6cn7cc(-c8ccccc8O)nc7nc6N)C5)CC4)CC3)no2)C(C)C)cc1. The van der Waals surface area contributed by atoms with E-state index in [0.29, 0.717) is 40.1 Å². The van der Waals surface area contributed by atoms with Gasteiger partial charge in [-0.25, -0.2) is 4.98 Å². The van der Waals surface area contributed by atoms with Crippen LogP contribution >= 0.6 is 0 Å². The lowest BCUT2D eigenvalue weighted by atomic mass is 9.82. The molecule has 3 saturated heterocycles. The van der Waals surface area contributed by atoms with Crippen LogP contribution in [0.15, 0.2) is 77.7 Å². The summed E-state index contributed by atoms with van der Waals surface area (Å²) in [5.74, 6) is 8.32. The van der Waals surface area contributed by atoms with E-state index >= 15 is 0 Å². The molecule has 4 atom stereocenters. The van der Waals surface area contributed by atoms with Gasteiger partial charge in [-0.2, -0.15) is 10.1 Å². The third-order valence-electron chi connectivity index (χ3n) is 15.3. The topological polar surface area (TPSA) is 206 Å². The molecule has 10 rings (SSSR count). The largest absolute Gasteiger partial charge is 0.507 e. The van der Waals surface area contributed by atoms with Crippen molar-refractivity contribution in [3.05, 3.63) is 95.6 Å². The maximum Gasteiger partial charge on any atom is 0.243 e. The van der Waals surface area contributed by atoms with Crippen molar-refractivity contribution in [2.75, 3.05) is 49.9 Å². The van der Waals surface area contributed by atoms with Crippen LogP contribution in [0.5, 0.6) is 5.75 Å². The van der Waals surface area contributed by atoms with Gasteiger partial charge < -0.3 is 45.2 Å². The zero-order valence-corrected chi connectivity index (χ0v) is 41.9. The Hall–Kier alpha value is -6.74. The van der Waals surface area contributed by atoms with Crippen molar-refractivity contribution >= 4 is 29.2 Å². The van der Waals surface area contributed by atoms with Crippen molar-refractivity contribution in [1.82, 2.24) is 44.4 Å². The number of aromatic hydroxyl groups is 1. The fraction of sp³-hybridized carbons (Fsp3) is 0.491. The second-order valence-corrected chi connectivity index (χ2v) is 20.9. The number of aliphatic hydroxyl groups is 1. The Morgan fingerprint density at radius 1 is 0.958 bits per heavy atom. The second kappa shape index (κ2) is 20.8. The minimum atomic E-state index is -0.806. The van der Waals surface area contributed by atoms with Crippen LogP contribution in [0.4, 0.5) is 11.6 Å². The van der Waals surface area contributed by atoms with Gasteiger partial charge in [0.05, 0.1) is 47.5 Å². The first-order valence-electron chi connectivity index (χ1n) is 25.7. The summed E-state index contributed by atoms with van der Waals surface area (Å²) < 4.78 is 16.1. The molecule has 1 saturated carbocycles. The highest BCUT2D eigenvalue weighted by molar-refractivity contribution is 5.91. The van der Waals surface area contributed by atoms with Gasteiger partial charge in [-0.1, -0.05) is 67.2 Å². The summed E-state index contributed by atoms with van der Waals surface area (Å²) in [6.07, 6.45) is 11.4. The van der Waals surface area contributed by atoms with Gasteiger partial charge in [0.25, 0.3) is 0 Å². The van der Waals surface area contributed by atoms with Crippen LogP contribution in [0.25, 0.3) is 28.3 Å². The van der Waals surface area contributed by atoms with Crippen molar-refractivity contribution in [3.63, 3.8) is 0 Å². The van der Waals surface area contributed by atoms with Gasteiger partial charge in [0.15, 0.2) is 11.6 Å². The van der Waals surface area contributed by atoms with E-state index < -0.39 is 18.1 Å². The summed E-state index contributed by atoms with van der Waals surface area (Å²) in [5, 5.41) is 33.0. The number of benzene rings is 2. The lowest BCUT2D eigenvalue weighted by Gasteiger charge is -2.40. The number of carbonyl (C=O) groups excluding carboxylic acids is 2. The number of imidazole rings is 1. The average Bonchev–Trinajstić information content (AvgIpc) is 4.17. The van der Waals surface area contributed by atoms with E-state index in [-0.39, 0.29) is 60.6 Å². The molecule has 2 aromatic carbocycles. The zero-order valence-electron chi connectivity index (χ0n) is 41.9. The number of carbonyl (C=O) groups is 2. The maximum absolute atomic E-state index is 14.4. The molecule has 7 heterocycles. The van der Waals surface area contributed by atoms with E-state index in [9.17, 15) is 19.8 Å². The third-order valence-corrected chi connectivity index (χ3v) is 15.3. The Morgan fingerprint density at radius 3 is 2.42 bits per heavy atom. The van der Waals surface area contributed by atoms with Crippen LogP contribution in [0, 0.1) is 36.5 Å². The number of hydrogen-bond acceptors (Lipinski definition) is 13. The number of amides is 2. The standard InChI is InChI=1S/C55H67N11O6/c1-33(2)50(54(70)66-31-41(67)26-46(66)53(69)58-35(4)38-12-14-39(15-13-38)51-34(3)28-57-62(51)5)48-27-49(61-72-48)64-22-16-36(17-23-64)29-63-20-18-42(19-21-63)71-43-24-37(25-43)10-11-40-30-65-32-45(59-55(65)60-52(40)56)44-8-6-7-9-47(44)68/h6-9,12-15,27-28,30,32-33,35-37,41-43,46,50,67-68H,16-26,29,31H2,1-5H3,(H,58,69)(H2,56,59,60)/t35-,37-,41+,43-,46-,50+/m0/s1. The van der Waals surface area contributed by atoms with Crippen molar-refractivity contribution < 1.29 is 29.1 Å². The number of ether oxygens (including phenoxy) is 1. The molecule has 3 aliphatic heterocycles. The van der Waals surface area contributed by atoms with Gasteiger partial charge >= 0.3 is 0 Å². The molecule has 4 aliphatic rings. The van der Waals surface area contributed by atoms with Gasteiger partial charge in [0.1, 0.15) is 23.5 Å². The highest BCUT2D eigenvalue weighted by atomic mass is 16.5. The van der Waals surface area contributed by atoms with Crippen LogP contribution in [0.3, 0.4) is 0 Å². The second-order valence-electron chi connectivity index (χ2n) is 20.9. The normalized spacial score (nSPS) is 21.9. The predicted octanol–water partition coefficient (Wildman–Crippen LogP) is 6.49. The molecule has 4 fully saturated rings. The Kier molecular flexibility index (Phi) is 14.1. The number of nitrogens with two attached hydrogens (primary N) is 1. The monoisotopic (exact) mass is 978 g/mol. The number of hydrogen-bond donors (Lipinski definition) is 4. The zero-order chi connectivity index (χ0) is 50.2. The first-order chi connectivity index (χ1) is 34.7. The Balaban J connectivity index is 0.658. The van der Waals surface area contributed by atoms with Gasteiger partial charge in [-0.15, -0.1) is 0 Å². The van der Waals surface area contributed by atoms with Crippen molar-refractivity contribution in [2.24, 2.45) is 24.8 Å². The summed E-state index contributed by atoms with van der Waals surface area (Å²) in [7, 11) is 1.92. The quantitative estimate of drug-likeness (QED) is 0.0916.